The second kappa shape index (κ2) is 10.7. The van der Waals surface area contributed by atoms with Crippen LogP contribution in [0.5, 0.6) is 0 Å². The summed E-state index contributed by atoms with van der Waals surface area (Å²) in [4.78, 5) is 16.9. The van der Waals surface area contributed by atoms with E-state index in [9.17, 15) is 4.79 Å². The summed E-state index contributed by atoms with van der Waals surface area (Å²) in [6.07, 6.45) is 8.96. The van der Waals surface area contributed by atoms with E-state index in [4.69, 9.17) is 4.74 Å². The zero-order valence-electron chi connectivity index (χ0n) is 23.1. The fourth-order valence-corrected chi connectivity index (χ4v) is 8.23. The third kappa shape index (κ3) is 4.70. The molecule has 38 heavy (non-hydrogen) atoms. The Bertz CT molecular complexity index is 1150. The monoisotopic (exact) mass is 518 g/mol. The normalized spacial score (nSPS) is 32.2. The average molecular weight is 519 g/mol. The molecule has 2 aromatic rings. The predicted octanol–water partition coefficient (Wildman–Crippen LogP) is 5.91. The van der Waals surface area contributed by atoms with Crippen LogP contribution in [0.3, 0.4) is 0 Å². The molecule has 2 unspecified atom stereocenters. The zero-order chi connectivity index (χ0) is 26.3. The number of nitrogens with zero attached hydrogens (tertiary/aromatic N) is 1. The number of carbonyl (C=O) groups excluding carboxylic acids is 1. The van der Waals surface area contributed by atoms with Crippen LogP contribution in [0.15, 0.2) is 42.5 Å². The molecule has 1 N–H and O–H groups in total. The Morgan fingerprint density at radius 3 is 2.68 bits per heavy atom. The maximum Gasteiger partial charge on any atom is 0.228 e. The maximum absolute atomic E-state index is 15.8. The van der Waals surface area contributed by atoms with Gasteiger partial charge in [0.25, 0.3) is 0 Å². The van der Waals surface area contributed by atoms with Crippen molar-refractivity contribution in [3.05, 3.63) is 70.5 Å². The summed E-state index contributed by atoms with van der Waals surface area (Å²) in [5, 5.41) is 3.51. The van der Waals surface area contributed by atoms with Crippen LogP contribution in [0.4, 0.5) is 4.39 Å². The minimum atomic E-state index is -0.664. The molecule has 1 spiro atoms. The topological polar surface area (TPSA) is 41.6 Å². The summed E-state index contributed by atoms with van der Waals surface area (Å²) in [5.41, 5.74) is 3.41. The number of hydrogen-bond acceptors (Lipinski definition) is 3. The van der Waals surface area contributed by atoms with E-state index in [-0.39, 0.29) is 29.8 Å². The molecule has 3 fully saturated rings. The van der Waals surface area contributed by atoms with E-state index >= 15 is 4.39 Å². The molecule has 0 aromatic heterocycles. The van der Waals surface area contributed by atoms with E-state index in [0.29, 0.717) is 38.0 Å². The number of likely N-dealkylation sites (tertiary alicyclic amines) is 1. The van der Waals surface area contributed by atoms with Crippen molar-refractivity contribution in [3.8, 4) is 0 Å². The lowest BCUT2D eigenvalue weighted by Gasteiger charge is -2.47. The van der Waals surface area contributed by atoms with Crippen molar-refractivity contribution in [1.29, 1.82) is 0 Å². The van der Waals surface area contributed by atoms with Gasteiger partial charge in [0, 0.05) is 36.7 Å². The van der Waals surface area contributed by atoms with Crippen molar-refractivity contribution in [2.45, 2.75) is 88.7 Å². The minimum absolute atomic E-state index is 0.00211. The lowest BCUT2D eigenvalue weighted by molar-refractivity contribution is -0.144. The van der Waals surface area contributed by atoms with E-state index in [1.54, 1.807) is 6.07 Å². The van der Waals surface area contributed by atoms with Gasteiger partial charge in [-0.05, 0) is 80.5 Å². The molecule has 1 amide bonds. The number of piperidine rings is 1. The number of benzene rings is 2. The van der Waals surface area contributed by atoms with Crippen molar-refractivity contribution in [2.24, 2.45) is 11.8 Å². The molecule has 4 aliphatic rings. The SMILES string of the molecule is Cc1cc(F)c2c(c1)CC(C)OC[C@]21CNCC1C(=O)N1CC[C@@H](c2ccccc2)C[C@H]1C1CCCCC1. The average Bonchev–Trinajstić information content (AvgIpc) is 3.30. The number of hydrogen-bond donors (Lipinski definition) is 1. The molecule has 1 saturated carbocycles. The van der Waals surface area contributed by atoms with Crippen molar-refractivity contribution in [2.75, 3.05) is 26.2 Å². The first-order valence-corrected chi connectivity index (χ1v) is 14.9. The number of rotatable bonds is 3. The van der Waals surface area contributed by atoms with Gasteiger partial charge < -0.3 is 15.0 Å². The summed E-state index contributed by atoms with van der Waals surface area (Å²) < 4.78 is 22.1. The van der Waals surface area contributed by atoms with Gasteiger partial charge >= 0.3 is 0 Å². The molecule has 0 bridgehead atoms. The largest absolute Gasteiger partial charge is 0.377 e. The first kappa shape index (κ1) is 26.0. The van der Waals surface area contributed by atoms with Gasteiger partial charge in [0.05, 0.1) is 18.6 Å². The molecular weight excluding hydrogens is 475 g/mol. The first-order chi connectivity index (χ1) is 18.5. The van der Waals surface area contributed by atoms with Crippen molar-refractivity contribution in [3.63, 3.8) is 0 Å². The fraction of sp³-hybridized carbons (Fsp3) is 0.606. The van der Waals surface area contributed by atoms with E-state index < -0.39 is 5.41 Å². The van der Waals surface area contributed by atoms with Gasteiger partial charge in [-0.2, -0.15) is 0 Å². The summed E-state index contributed by atoms with van der Waals surface area (Å²) >= 11 is 0. The van der Waals surface area contributed by atoms with Crippen LogP contribution in [0, 0.1) is 24.6 Å². The molecule has 3 aliphatic heterocycles. The minimum Gasteiger partial charge on any atom is -0.377 e. The smallest absolute Gasteiger partial charge is 0.228 e. The molecule has 5 atom stereocenters. The Labute approximate surface area is 227 Å². The summed E-state index contributed by atoms with van der Waals surface area (Å²) in [5.74, 6) is 0.766. The van der Waals surface area contributed by atoms with Crippen LogP contribution in [0.25, 0.3) is 0 Å². The van der Waals surface area contributed by atoms with Gasteiger partial charge in [0.1, 0.15) is 5.82 Å². The van der Waals surface area contributed by atoms with Gasteiger partial charge in [-0.15, -0.1) is 0 Å². The third-order valence-electron chi connectivity index (χ3n) is 10.1. The molecule has 3 heterocycles. The lowest BCUT2D eigenvalue weighted by Crippen LogP contribution is -2.55. The van der Waals surface area contributed by atoms with Crippen LogP contribution in [-0.4, -0.2) is 49.2 Å². The first-order valence-electron chi connectivity index (χ1n) is 14.9. The van der Waals surface area contributed by atoms with Gasteiger partial charge in [0.2, 0.25) is 5.91 Å². The Morgan fingerprint density at radius 1 is 1.11 bits per heavy atom. The summed E-state index contributed by atoms with van der Waals surface area (Å²) in [6, 6.07) is 14.9. The highest BCUT2D eigenvalue weighted by atomic mass is 19.1. The third-order valence-corrected chi connectivity index (χ3v) is 10.1. The predicted molar refractivity (Wildman–Crippen MR) is 149 cm³/mol. The highest BCUT2D eigenvalue weighted by molar-refractivity contribution is 5.82. The highest BCUT2D eigenvalue weighted by Crippen LogP contribution is 2.46. The standard InChI is InChI=1S/C33H43FN2O2/c1-22-15-27-17-23(2)38-21-33(31(27)29(34)16-22)20-35-19-28(33)32(37)36-14-13-26(24-9-5-3-6-10-24)18-30(36)25-11-7-4-8-12-25/h3,5-6,9-10,15-16,23,25-26,28,30,35H,4,7-8,11-14,17-21H2,1-2H3/t23?,26-,28?,30+,33+/m1/s1. The van der Waals surface area contributed by atoms with Crippen LogP contribution in [0.1, 0.15) is 80.0 Å². The molecular formula is C33H43FN2O2. The van der Waals surface area contributed by atoms with Gasteiger partial charge in [-0.25, -0.2) is 4.39 Å². The van der Waals surface area contributed by atoms with E-state index in [0.717, 1.165) is 36.1 Å². The molecule has 5 heteroatoms. The Morgan fingerprint density at radius 2 is 1.89 bits per heavy atom. The number of ether oxygens (including phenoxy) is 1. The summed E-state index contributed by atoms with van der Waals surface area (Å²) in [6.45, 7) is 6.35. The Hall–Kier alpha value is -2.24. The maximum atomic E-state index is 15.8. The fourth-order valence-electron chi connectivity index (χ4n) is 8.23. The van der Waals surface area contributed by atoms with Gasteiger partial charge in [-0.1, -0.05) is 55.7 Å². The molecule has 2 saturated heterocycles. The molecule has 1 aliphatic carbocycles. The van der Waals surface area contributed by atoms with Gasteiger partial charge in [-0.3, -0.25) is 4.79 Å². The molecule has 2 aromatic carbocycles. The van der Waals surface area contributed by atoms with Crippen molar-refractivity contribution < 1.29 is 13.9 Å². The molecule has 4 nitrogen and oxygen atoms in total. The number of aryl methyl sites for hydroxylation is 1. The molecule has 0 radical (unpaired) electrons. The Balaban J connectivity index is 1.34. The second-order valence-electron chi connectivity index (χ2n) is 12.6. The van der Waals surface area contributed by atoms with E-state index in [2.05, 4.69) is 53.5 Å². The number of fused-ring (bicyclic) bond motifs is 2. The number of halogens is 1. The van der Waals surface area contributed by atoms with Crippen LogP contribution in [0.2, 0.25) is 0 Å². The Kier molecular flexibility index (Phi) is 7.34. The zero-order valence-corrected chi connectivity index (χ0v) is 23.1. The summed E-state index contributed by atoms with van der Waals surface area (Å²) in [7, 11) is 0. The quantitative estimate of drug-likeness (QED) is 0.550. The van der Waals surface area contributed by atoms with E-state index in [1.165, 1.54) is 37.7 Å². The number of amides is 1. The lowest BCUT2D eigenvalue weighted by atomic mass is 9.69. The van der Waals surface area contributed by atoms with Crippen molar-refractivity contribution in [1.82, 2.24) is 10.2 Å². The van der Waals surface area contributed by atoms with Gasteiger partial charge in [0.15, 0.2) is 0 Å². The van der Waals surface area contributed by atoms with Crippen LogP contribution in [-0.2, 0) is 21.4 Å². The second-order valence-corrected chi connectivity index (χ2v) is 12.6. The highest BCUT2D eigenvalue weighted by Gasteiger charge is 2.54. The van der Waals surface area contributed by atoms with Crippen molar-refractivity contribution >= 4 is 5.91 Å². The number of carbonyl (C=O) groups is 1. The van der Waals surface area contributed by atoms with E-state index in [1.807, 2.05) is 6.92 Å². The molecule has 204 valence electrons. The van der Waals surface area contributed by atoms with Crippen LogP contribution < -0.4 is 5.32 Å². The van der Waals surface area contributed by atoms with Crippen LogP contribution >= 0.6 is 0 Å². The number of nitrogens with one attached hydrogen (secondary N) is 1. The molecule has 6 rings (SSSR count).